The number of nitrogens with one attached hydrogen (secondary N) is 1. The van der Waals surface area contributed by atoms with Crippen LogP contribution < -0.4 is 11.3 Å². The topological polar surface area (TPSA) is 72.2 Å². The third kappa shape index (κ3) is 3.31. The fourth-order valence-electron chi connectivity index (χ4n) is 2.31. The summed E-state index contributed by atoms with van der Waals surface area (Å²) in [5, 5.41) is 0. The van der Waals surface area contributed by atoms with E-state index in [-0.39, 0.29) is 11.8 Å². The molecular formula is C13H20N2O2S. The molecule has 0 heterocycles. The van der Waals surface area contributed by atoms with Crippen LogP contribution in [0.3, 0.4) is 0 Å². The highest BCUT2D eigenvalue weighted by Crippen LogP contribution is 2.36. The van der Waals surface area contributed by atoms with E-state index in [1.807, 2.05) is 12.1 Å². The summed E-state index contributed by atoms with van der Waals surface area (Å²) < 4.78 is 22.7. The molecule has 3 N–H and O–H groups in total. The molecular weight excluding hydrogens is 248 g/mol. The molecule has 1 saturated carbocycles. The number of sulfone groups is 1. The molecule has 1 unspecified atom stereocenters. The minimum atomic E-state index is -3.05. The SMILES string of the molecule is CS(=O)(=O)CC(NN)c1cccc(C2CCC2)c1. The lowest BCUT2D eigenvalue weighted by molar-refractivity contribution is 0.419. The van der Waals surface area contributed by atoms with Gasteiger partial charge in [0.25, 0.3) is 0 Å². The Morgan fingerprint density at radius 2 is 2.17 bits per heavy atom. The van der Waals surface area contributed by atoms with Gasteiger partial charge in [-0.1, -0.05) is 30.7 Å². The zero-order valence-corrected chi connectivity index (χ0v) is 11.4. The van der Waals surface area contributed by atoms with Gasteiger partial charge in [0, 0.05) is 6.26 Å². The molecule has 1 fully saturated rings. The molecule has 0 radical (unpaired) electrons. The van der Waals surface area contributed by atoms with Gasteiger partial charge in [-0.05, 0) is 29.9 Å². The van der Waals surface area contributed by atoms with Crippen molar-refractivity contribution < 1.29 is 8.42 Å². The Labute approximate surface area is 108 Å². The average molecular weight is 268 g/mol. The molecule has 0 spiro atoms. The van der Waals surface area contributed by atoms with E-state index in [2.05, 4.69) is 17.6 Å². The molecule has 0 amide bonds. The van der Waals surface area contributed by atoms with Crippen molar-refractivity contribution in [2.24, 2.45) is 5.84 Å². The molecule has 1 aliphatic rings. The van der Waals surface area contributed by atoms with Crippen molar-refractivity contribution in [3.8, 4) is 0 Å². The summed E-state index contributed by atoms with van der Waals surface area (Å²) in [7, 11) is -3.05. The zero-order chi connectivity index (χ0) is 13.2. The summed E-state index contributed by atoms with van der Waals surface area (Å²) in [6, 6.07) is 7.77. The maximum Gasteiger partial charge on any atom is 0.149 e. The molecule has 18 heavy (non-hydrogen) atoms. The summed E-state index contributed by atoms with van der Waals surface area (Å²) in [6.07, 6.45) is 4.98. The van der Waals surface area contributed by atoms with Gasteiger partial charge in [-0.15, -0.1) is 0 Å². The van der Waals surface area contributed by atoms with Gasteiger partial charge in [0.05, 0.1) is 11.8 Å². The highest BCUT2D eigenvalue weighted by Gasteiger charge is 2.21. The van der Waals surface area contributed by atoms with Crippen LogP contribution in [0.15, 0.2) is 24.3 Å². The van der Waals surface area contributed by atoms with Crippen molar-refractivity contribution in [1.82, 2.24) is 5.43 Å². The second-order valence-corrected chi connectivity index (χ2v) is 7.29. The van der Waals surface area contributed by atoms with Gasteiger partial charge in [-0.3, -0.25) is 11.3 Å². The van der Waals surface area contributed by atoms with Crippen LogP contribution in [0.2, 0.25) is 0 Å². The van der Waals surface area contributed by atoms with Crippen molar-refractivity contribution in [2.75, 3.05) is 12.0 Å². The minimum absolute atomic E-state index is 0.0254. The van der Waals surface area contributed by atoms with Gasteiger partial charge in [0.2, 0.25) is 0 Å². The Kier molecular flexibility index (Phi) is 4.04. The van der Waals surface area contributed by atoms with Crippen molar-refractivity contribution in [2.45, 2.75) is 31.2 Å². The van der Waals surface area contributed by atoms with E-state index >= 15 is 0 Å². The first-order valence-electron chi connectivity index (χ1n) is 6.23. The van der Waals surface area contributed by atoms with Crippen LogP contribution in [0, 0.1) is 0 Å². The van der Waals surface area contributed by atoms with E-state index in [1.165, 1.54) is 31.1 Å². The summed E-state index contributed by atoms with van der Waals surface area (Å²) in [4.78, 5) is 0. The van der Waals surface area contributed by atoms with Crippen LogP contribution in [0.4, 0.5) is 0 Å². The predicted octanol–water partition coefficient (Wildman–Crippen LogP) is 1.50. The molecule has 1 aromatic rings. The molecule has 1 aliphatic carbocycles. The Morgan fingerprint density at radius 1 is 1.44 bits per heavy atom. The summed E-state index contributed by atoms with van der Waals surface area (Å²) in [6.45, 7) is 0. The van der Waals surface area contributed by atoms with E-state index < -0.39 is 9.84 Å². The first-order valence-corrected chi connectivity index (χ1v) is 8.29. The van der Waals surface area contributed by atoms with E-state index in [1.54, 1.807) is 0 Å². The Morgan fingerprint density at radius 3 is 2.67 bits per heavy atom. The fraction of sp³-hybridized carbons (Fsp3) is 0.538. The van der Waals surface area contributed by atoms with Crippen molar-refractivity contribution in [3.63, 3.8) is 0 Å². The lowest BCUT2D eigenvalue weighted by atomic mass is 9.79. The van der Waals surface area contributed by atoms with Gasteiger partial charge in [-0.2, -0.15) is 0 Å². The van der Waals surface area contributed by atoms with Gasteiger partial charge in [0.15, 0.2) is 0 Å². The maximum atomic E-state index is 11.4. The summed E-state index contributed by atoms with van der Waals surface area (Å²) in [5.41, 5.74) is 4.85. The van der Waals surface area contributed by atoms with Crippen LogP contribution in [-0.2, 0) is 9.84 Å². The normalized spacial score (nSPS) is 18.3. The molecule has 2 rings (SSSR count). The van der Waals surface area contributed by atoms with Gasteiger partial charge in [0.1, 0.15) is 9.84 Å². The highest BCUT2D eigenvalue weighted by atomic mass is 32.2. The van der Waals surface area contributed by atoms with Gasteiger partial charge >= 0.3 is 0 Å². The number of benzene rings is 1. The van der Waals surface area contributed by atoms with E-state index in [4.69, 9.17) is 5.84 Å². The van der Waals surface area contributed by atoms with Crippen molar-refractivity contribution >= 4 is 9.84 Å². The largest absolute Gasteiger partial charge is 0.271 e. The lowest BCUT2D eigenvalue weighted by Gasteiger charge is -2.27. The average Bonchev–Trinajstić information content (AvgIpc) is 2.23. The standard InChI is InChI=1S/C13H20N2O2S/c1-18(16,17)9-13(15-14)12-7-3-6-11(8-12)10-4-2-5-10/h3,6-8,10,13,15H,2,4-5,9,14H2,1H3. The smallest absolute Gasteiger partial charge is 0.149 e. The number of hydrogen-bond acceptors (Lipinski definition) is 4. The van der Waals surface area contributed by atoms with Crippen molar-refractivity contribution in [1.29, 1.82) is 0 Å². The van der Waals surface area contributed by atoms with E-state index in [0.29, 0.717) is 5.92 Å². The van der Waals surface area contributed by atoms with Crippen molar-refractivity contribution in [3.05, 3.63) is 35.4 Å². The Balaban J connectivity index is 2.19. The summed E-state index contributed by atoms with van der Waals surface area (Å²) >= 11 is 0. The quantitative estimate of drug-likeness (QED) is 0.627. The molecule has 1 atom stereocenters. The minimum Gasteiger partial charge on any atom is -0.271 e. The molecule has 0 aliphatic heterocycles. The van der Waals surface area contributed by atoms with E-state index in [0.717, 1.165) is 5.56 Å². The number of rotatable bonds is 5. The zero-order valence-electron chi connectivity index (χ0n) is 10.6. The second-order valence-electron chi connectivity index (χ2n) is 5.11. The second kappa shape index (κ2) is 5.38. The fourth-order valence-corrected chi connectivity index (χ4v) is 3.21. The lowest BCUT2D eigenvalue weighted by Crippen LogP contribution is -2.33. The molecule has 0 bridgehead atoms. The van der Waals surface area contributed by atoms with Crippen LogP contribution in [0.1, 0.15) is 42.3 Å². The predicted molar refractivity (Wildman–Crippen MR) is 72.8 cm³/mol. The van der Waals surface area contributed by atoms with Gasteiger partial charge in [-0.25, -0.2) is 8.42 Å². The number of hydrazine groups is 1. The first-order chi connectivity index (χ1) is 8.49. The molecule has 0 saturated heterocycles. The Bertz CT molecular complexity index is 509. The van der Waals surface area contributed by atoms with Crippen LogP contribution in [-0.4, -0.2) is 20.4 Å². The molecule has 5 heteroatoms. The third-order valence-electron chi connectivity index (χ3n) is 3.56. The van der Waals surface area contributed by atoms with Crippen LogP contribution in [0.25, 0.3) is 0 Å². The number of hydrogen-bond donors (Lipinski definition) is 2. The van der Waals surface area contributed by atoms with E-state index in [9.17, 15) is 8.42 Å². The third-order valence-corrected chi connectivity index (χ3v) is 4.50. The maximum absolute atomic E-state index is 11.4. The highest BCUT2D eigenvalue weighted by molar-refractivity contribution is 7.90. The van der Waals surface area contributed by atoms with Gasteiger partial charge < -0.3 is 0 Å². The molecule has 0 aromatic heterocycles. The summed E-state index contributed by atoms with van der Waals surface area (Å²) in [5.74, 6) is 6.14. The number of nitrogens with two attached hydrogens (primary N) is 1. The Hall–Kier alpha value is -0.910. The van der Waals surface area contributed by atoms with Crippen LogP contribution in [0.5, 0.6) is 0 Å². The molecule has 1 aromatic carbocycles. The first kappa shape index (κ1) is 13.5. The monoisotopic (exact) mass is 268 g/mol. The van der Waals surface area contributed by atoms with Crippen LogP contribution >= 0.6 is 0 Å². The molecule has 4 nitrogen and oxygen atoms in total. The molecule has 100 valence electrons.